The lowest BCUT2D eigenvalue weighted by molar-refractivity contribution is 0.0919. The van der Waals surface area contributed by atoms with Crippen LogP contribution < -0.4 is 16.0 Å². The van der Waals surface area contributed by atoms with E-state index in [0.717, 1.165) is 22.9 Å². The maximum atomic E-state index is 12.8. The molecule has 0 atom stereocenters. The molecule has 1 aromatic heterocycles. The van der Waals surface area contributed by atoms with E-state index in [9.17, 15) is 4.79 Å². The van der Waals surface area contributed by atoms with Gasteiger partial charge < -0.3 is 20.7 Å². The van der Waals surface area contributed by atoms with Crippen LogP contribution >= 0.6 is 27.5 Å². The fraction of sp³-hybridized carbons (Fsp3) is 0.412. The van der Waals surface area contributed by atoms with Crippen molar-refractivity contribution in [3.05, 3.63) is 39.1 Å². The minimum atomic E-state index is -0.453. The van der Waals surface area contributed by atoms with Crippen molar-refractivity contribution in [2.75, 3.05) is 36.9 Å². The number of carbonyl (C=O) groups is 1. The Balaban J connectivity index is 1.57. The molecule has 1 aliphatic heterocycles. The molecule has 142 valence electrons. The zero-order chi connectivity index (χ0) is 19.0. The summed E-state index contributed by atoms with van der Waals surface area (Å²) in [6, 6.07) is 5.63. The minimum absolute atomic E-state index is 0.0105. The highest BCUT2D eigenvalue weighted by Crippen LogP contribution is 2.47. The van der Waals surface area contributed by atoms with E-state index in [4.69, 9.17) is 22.1 Å². The molecule has 3 N–H and O–H groups in total. The van der Waals surface area contributed by atoms with Crippen LogP contribution in [0.5, 0.6) is 0 Å². The number of benzene rings is 1. The first-order valence-electron chi connectivity index (χ1n) is 8.58. The first-order chi connectivity index (χ1) is 12.9. The molecular weight excluding hydrogens is 436 g/mol. The first-order valence-corrected chi connectivity index (χ1v) is 9.76. The lowest BCUT2D eigenvalue weighted by atomic mass is 10.0. The molecule has 2 fully saturated rings. The monoisotopic (exact) mass is 452 g/mol. The Bertz CT molecular complexity index is 865. The van der Waals surface area contributed by atoms with Gasteiger partial charge in [-0.25, -0.2) is 0 Å². The van der Waals surface area contributed by atoms with Crippen LogP contribution in [-0.2, 0) is 10.3 Å². The van der Waals surface area contributed by atoms with Crippen LogP contribution in [0.25, 0.3) is 0 Å². The highest BCUT2D eigenvalue weighted by Gasteiger charge is 2.46. The van der Waals surface area contributed by atoms with E-state index in [2.05, 4.69) is 36.2 Å². The fourth-order valence-electron chi connectivity index (χ4n) is 3.10. The average Bonchev–Trinajstić information content (AvgIpc) is 3.42. The number of nitrogens with one attached hydrogen (secondary N) is 1. The van der Waals surface area contributed by atoms with E-state index >= 15 is 0 Å². The Hall–Kier alpha value is -1.97. The number of halogens is 2. The van der Waals surface area contributed by atoms with Crippen molar-refractivity contribution in [2.24, 2.45) is 0 Å². The summed E-state index contributed by atoms with van der Waals surface area (Å²) in [5.74, 6) is 0.0434. The SMILES string of the molecule is Nc1nc(C(=O)NC2(c3cc(Cl)cc(Br)c3)CC2)nc(N2CCOCC2)n1. The Kier molecular flexibility index (Phi) is 4.92. The van der Waals surface area contributed by atoms with Gasteiger partial charge in [-0.05, 0) is 36.6 Å². The smallest absolute Gasteiger partial charge is 0.290 e. The minimum Gasteiger partial charge on any atom is -0.378 e. The Labute approximate surface area is 169 Å². The molecule has 1 saturated heterocycles. The Morgan fingerprint density at radius 1 is 1.22 bits per heavy atom. The van der Waals surface area contributed by atoms with E-state index in [1.807, 2.05) is 23.1 Å². The molecule has 2 heterocycles. The molecule has 0 radical (unpaired) electrons. The molecule has 1 aromatic carbocycles. The maximum absolute atomic E-state index is 12.8. The summed E-state index contributed by atoms with van der Waals surface area (Å²) < 4.78 is 6.20. The van der Waals surface area contributed by atoms with Crippen molar-refractivity contribution < 1.29 is 9.53 Å². The van der Waals surface area contributed by atoms with Gasteiger partial charge >= 0.3 is 0 Å². The third-order valence-corrected chi connectivity index (χ3v) is 5.33. The molecule has 0 spiro atoms. The summed E-state index contributed by atoms with van der Waals surface area (Å²) in [5.41, 5.74) is 6.31. The van der Waals surface area contributed by atoms with Crippen molar-refractivity contribution >= 4 is 45.3 Å². The van der Waals surface area contributed by atoms with Gasteiger partial charge in [0.05, 0.1) is 18.8 Å². The van der Waals surface area contributed by atoms with Gasteiger partial charge in [-0.15, -0.1) is 0 Å². The molecule has 0 unspecified atom stereocenters. The molecule has 0 bridgehead atoms. The number of ether oxygens (including phenoxy) is 1. The molecule has 10 heteroatoms. The van der Waals surface area contributed by atoms with Crippen molar-refractivity contribution in [2.45, 2.75) is 18.4 Å². The van der Waals surface area contributed by atoms with E-state index in [-0.39, 0.29) is 17.7 Å². The fourth-order valence-corrected chi connectivity index (χ4v) is 3.96. The van der Waals surface area contributed by atoms with Gasteiger partial charge in [-0.3, -0.25) is 4.79 Å². The van der Waals surface area contributed by atoms with Crippen LogP contribution in [0.4, 0.5) is 11.9 Å². The highest BCUT2D eigenvalue weighted by atomic mass is 79.9. The lowest BCUT2D eigenvalue weighted by Crippen LogP contribution is -2.39. The number of aromatic nitrogens is 3. The number of morpholine rings is 1. The molecule has 1 aliphatic carbocycles. The second-order valence-corrected chi connectivity index (χ2v) is 7.96. The average molecular weight is 454 g/mol. The first kappa shape index (κ1) is 18.4. The number of rotatable bonds is 4. The van der Waals surface area contributed by atoms with Crippen LogP contribution in [0.15, 0.2) is 22.7 Å². The van der Waals surface area contributed by atoms with Gasteiger partial charge in [0.15, 0.2) is 0 Å². The number of carbonyl (C=O) groups excluding carboxylic acids is 1. The molecule has 1 saturated carbocycles. The van der Waals surface area contributed by atoms with E-state index < -0.39 is 5.54 Å². The summed E-state index contributed by atoms with van der Waals surface area (Å²) >= 11 is 9.60. The van der Waals surface area contributed by atoms with Crippen molar-refractivity contribution in [3.63, 3.8) is 0 Å². The summed E-state index contributed by atoms with van der Waals surface area (Å²) in [4.78, 5) is 27.2. The lowest BCUT2D eigenvalue weighted by Gasteiger charge is -2.27. The van der Waals surface area contributed by atoms with Crippen LogP contribution in [-0.4, -0.2) is 47.2 Å². The van der Waals surface area contributed by atoms with E-state index in [1.165, 1.54) is 0 Å². The summed E-state index contributed by atoms with van der Waals surface area (Å²) in [5, 5.41) is 3.65. The van der Waals surface area contributed by atoms with Crippen molar-refractivity contribution in [1.29, 1.82) is 0 Å². The van der Waals surface area contributed by atoms with E-state index in [0.29, 0.717) is 37.3 Å². The quantitative estimate of drug-likeness (QED) is 0.730. The second-order valence-electron chi connectivity index (χ2n) is 6.61. The molecule has 2 aliphatic rings. The number of amides is 1. The number of nitrogen functional groups attached to an aromatic ring is 1. The predicted octanol–water partition coefficient (Wildman–Crippen LogP) is 2.13. The number of hydrogen-bond donors (Lipinski definition) is 2. The van der Waals surface area contributed by atoms with Crippen molar-refractivity contribution in [1.82, 2.24) is 20.3 Å². The van der Waals surface area contributed by atoms with Crippen LogP contribution in [0.3, 0.4) is 0 Å². The molecule has 2 aromatic rings. The predicted molar refractivity (Wildman–Crippen MR) is 105 cm³/mol. The Morgan fingerprint density at radius 2 is 1.96 bits per heavy atom. The topological polar surface area (TPSA) is 106 Å². The second kappa shape index (κ2) is 7.21. The van der Waals surface area contributed by atoms with Gasteiger partial charge in [0, 0.05) is 22.6 Å². The zero-order valence-electron chi connectivity index (χ0n) is 14.4. The number of nitrogens with zero attached hydrogens (tertiary/aromatic N) is 4. The molecular formula is C17H18BrClN6O2. The van der Waals surface area contributed by atoms with Gasteiger partial charge in [0.2, 0.25) is 17.7 Å². The number of anilines is 2. The van der Waals surface area contributed by atoms with Crippen LogP contribution in [0.2, 0.25) is 5.02 Å². The van der Waals surface area contributed by atoms with Gasteiger partial charge in [-0.1, -0.05) is 27.5 Å². The van der Waals surface area contributed by atoms with Crippen LogP contribution in [0.1, 0.15) is 29.0 Å². The largest absolute Gasteiger partial charge is 0.378 e. The standard InChI is InChI=1S/C17H18BrClN6O2/c18-11-7-10(8-12(19)9-11)17(1-2-17)24-14(26)13-21-15(20)23-16(22-13)25-3-5-27-6-4-25/h7-9H,1-6H2,(H,24,26)(H2,20,21,22,23). The van der Waals surface area contributed by atoms with Gasteiger partial charge in [0.25, 0.3) is 5.91 Å². The van der Waals surface area contributed by atoms with Crippen LogP contribution in [0, 0.1) is 0 Å². The molecule has 1 amide bonds. The highest BCUT2D eigenvalue weighted by molar-refractivity contribution is 9.10. The van der Waals surface area contributed by atoms with Gasteiger partial charge in [-0.2, -0.15) is 15.0 Å². The normalized spacial score (nSPS) is 18.2. The number of hydrogen-bond acceptors (Lipinski definition) is 7. The summed E-state index contributed by atoms with van der Waals surface area (Å²) in [6.45, 7) is 2.45. The third-order valence-electron chi connectivity index (χ3n) is 4.66. The van der Waals surface area contributed by atoms with Gasteiger partial charge in [0.1, 0.15) is 0 Å². The molecule has 27 heavy (non-hydrogen) atoms. The van der Waals surface area contributed by atoms with Crippen molar-refractivity contribution in [3.8, 4) is 0 Å². The maximum Gasteiger partial charge on any atom is 0.290 e. The Morgan fingerprint density at radius 3 is 2.63 bits per heavy atom. The zero-order valence-corrected chi connectivity index (χ0v) is 16.8. The summed E-state index contributed by atoms with van der Waals surface area (Å²) in [6.07, 6.45) is 1.64. The summed E-state index contributed by atoms with van der Waals surface area (Å²) in [7, 11) is 0. The number of nitrogens with two attached hydrogens (primary N) is 1. The molecule has 4 rings (SSSR count). The molecule has 8 nitrogen and oxygen atoms in total. The third kappa shape index (κ3) is 3.99. The van der Waals surface area contributed by atoms with E-state index in [1.54, 1.807) is 0 Å².